The van der Waals surface area contributed by atoms with E-state index in [1.54, 1.807) is 4.90 Å². The number of piperidine rings is 1. The summed E-state index contributed by atoms with van der Waals surface area (Å²) in [5.41, 5.74) is 4.99. The van der Waals surface area contributed by atoms with Gasteiger partial charge in [0.2, 0.25) is 5.91 Å². The highest BCUT2D eigenvalue weighted by Gasteiger charge is 2.24. The van der Waals surface area contributed by atoms with E-state index in [0.29, 0.717) is 13.1 Å². The predicted molar refractivity (Wildman–Crippen MR) is 71.4 cm³/mol. The predicted octanol–water partition coefficient (Wildman–Crippen LogP) is 1.32. The average molecular weight is 277 g/mol. The van der Waals surface area contributed by atoms with E-state index in [1.165, 1.54) is 12.1 Å². The van der Waals surface area contributed by atoms with Crippen LogP contribution in [0.5, 0.6) is 0 Å². The Labute approximate surface area is 115 Å². The van der Waals surface area contributed by atoms with Crippen LogP contribution in [-0.4, -0.2) is 34.7 Å². The molecule has 1 saturated heterocycles. The van der Waals surface area contributed by atoms with Crippen LogP contribution < -0.4 is 5.73 Å². The van der Waals surface area contributed by atoms with Crippen LogP contribution in [0, 0.1) is 10.1 Å². The average Bonchev–Trinajstić information content (AvgIpc) is 2.46. The van der Waals surface area contributed by atoms with Gasteiger partial charge in [-0.3, -0.25) is 19.7 Å². The highest BCUT2D eigenvalue weighted by Crippen LogP contribution is 2.21. The SMILES string of the molecule is NC(=O)c1cc([N+](=O)[O-])ccc1C(=O)N1CCCCC1. The van der Waals surface area contributed by atoms with E-state index in [9.17, 15) is 19.7 Å². The summed E-state index contributed by atoms with van der Waals surface area (Å²) in [5, 5.41) is 10.7. The quantitative estimate of drug-likeness (QED) is 0.664. The van der Waals surface area contributed by atoms with Gasteiger partial charge in [0.25, 0.3) is 11.6 Å². The number of hydrogen-bond donors (Lipinski definition) is 1. The second-order valence-corrected chi connectivity index (χ2v) is 4.70. The summed E-state index contributed by atoms with van der Waals surface area (Å²) in [6, 6.07) is 3.57. The summed E-state index contributed by atoms with van der Waals surface area (Å²) in [5.74, 6) is -1.14. The van der Waals surface area contributed by atoms with Crippen molar-refractivity contribution in [3.63, 3.8) is 0 Å². The van der Waals surface area contributed by atoms with Gasteiger partial charge in [-0.15, -0.1) is 0 Å². The molecule has 2 N–H and O–H groups in total. The molecule has 1 aliphatic heterocycles. The molecular formula is C13H15N3O4. The van der Waals surface area contributed by atoms with Crippen LogP contribution in [0.2, 0.25) is 0 Å². The molecule has 106 valence electrons. The fourth-order valence-electron chi connectivity index (χ4n) is 2.30. The molecule has 1 heterocycles. The van der Waals surface area contributed by atoms with Crippen molar-refractivity contribution in [3.05, 3.63) is 39.4 Å². The Morgan fingerprint density at radius 1 is 1.15 bits per heavy atom. The molecule has 0 spiro atoms. The number of primary amides is 1. The molecule has 20 heavy (non-hydrogen) atoms. The van der Waals surface area contributed by atoms with Crippen LogP contribution in [0.1, 0.15) is 40.0 Å². The number of carbonyl (C=O) groups is 2. The van der Waals surface area contributed by atoms with E-state index in [1.807, 2.05) is 0 Å². The first kappa shape index (κ1) is 14.0. The molecule has 0 atom stereocenters. The first-order valence-corrected chi connectivity index (χ1v) is 6.38. The van der Waals surface area contributed by atoms with Crippen molar-refractivity contribution in [1.82, 2.24) is 4.90 Å². The number of nitrogens with two attached hydrogens (primary N) is 1. The second-order valence-electron chi connectivity index (χ2n) is 4.70. The van der Waals surface area contributed by atoms with Gasteiger partial charge >= 0.3 is 0 Å². The number of hydrogen-bond acceptors (Lipinski definition) is 4. The zero-order valence-electron chi connectivity index (χ0n) is 10.9. The summed E-state index contributed by atoms with van der Waals surface area (Å²) in [6.45, 7) is 1.27. The Morgan fingerprint density at radius 3 is 2.35 bits per heavy atom. The number of rotatable bonds is 3. The summed E-state index contributed by atoms with van der Waals surface area (Å²) in [7, 11) is 0. The molecule has 7 nitrogen and oxygen atoms in total. The van der Waals surface area contributed by atoms with E-state index in [0.717, 1.165) is 25.3 Å². The third-order valence-electron chi connectivity index (χ3n) is 3.35. The van der Waals surface area contributed by atoms with Crippen molar-refractivity contribution in [2.75, 3.05) is 13.1 Å². The number of non-ortho nitro benzene ring substituents is 1. The lowest BCUT2D eigenvalue weighted by Crippen LogP contribution is -2.36. The molecule has 2 rings (SSSR count). The molecule has 0 unspecified atom stereocenters. The zero-order chi connectivity index (χ0) is 14.7. The Morgan fingerprint density at radius 2 is 1.80 bits per heavy atom. The molecule has 2 amide bonds. The van der Waals surface area contributed by atoms with Crippen molar-refractivity contribution in [2.24, 2.45) is 5.73 Å². The van der Waals surface area contributed by atoms with E-state index in [4.69, 9.17) is 5.73 Å². The maximum Gasteiger partial charge on any atom is 0.270 e. The van der Waals surface area contributed by atoms with E-state index < -0.39 is 10.8 Å². The number of nitro benzene ring substituents is 1. The molecule has 0 bridgehead atoms. The fraction of sp³-hybridized carbons (Fsp3) is 0.385. The number of benzene rings is 1. The minimum atomic E-state index is -0.839. The molecule has 1 aromatic rings. The van der Waals surface area contributed by atoms with Crippen molar-refractivity contribution in [3.8, 4) is 0 Å². The van der Waals surface area contributed by atoms with Gasteiger partial charge in [-0.05, 0) is 25.3 Å². The minimum Gasteiger partial charge on any atom is -0.366 e. The molecular weight excluding hydrogens is 262 g/mol. The van der Waals surface area contributed by atoms with Crippen LogP contribution >= 0.6 is 0 Å². The maximum absolute atomic E-state index is 12.4. The number of nitro groups is 1. The molecule has 0 aromatic heterocycles. The van der Waals surface area contributed by atoms with Gasteiger partial charge in [-0.2, -0.15) is 0 Å². The maximum atomic E-state index is 12.4. The molecule has 1 fully saturated rings. The largest absolute Gasteiger partial charge is 0.366 e. The first-order valence-electron chi connectivity index (χ1n) is 6.38. The third-order valence-corrected chi connectivity index (χ3v) is 3.35. The van der Waals surface area contributed by atoms with Gasteiger partial charge in [-0.25, -0.2) is 0 Å². The van der Waals surface area contributed by atoms with Crippen LogP contribution in [-0.2, 0) is 0 Å². The fourth-order valence-corrected chi connectivity index (χ4v) is 2.30. The summed E-state index contributed by atoms with van der Waals surface area (Å²) in [6.07, 6.45) is 2.92. The van der Waals surface area contributed by atoms with Gasteiger partial charge < -0.3 is 10.6 Å². The van der Waals surface area contributed by atoms with Crippen LogP contribution in [0.4, 0.5) is 5.69 Å². The van der Waals surface area contributed by atoms with Gasteiger partial charge in [0.15, 0.2) is 0 Å². The van der Waals surface area contributed by atoms with Crippen molar-refractivity contribution in [1.29, 1.82) is 0 Å². The lowest BCUT2D eigenvalue weighted by Gasteiger charge is -2.27. The molecule has 1 aromatic carbocycles. The Balaban J connectivity index is 2.37. The smallest absolute Gasteiger partial charge is 0.270 e. The summed E-state index contributed by atoms with van der Waals surface area (Å²) in [4.78, 5) is 35.5. The first-order chi connectivity index (χ1) is 9.50. The van der Waals surface area contributed by atoms with Gasteiger partial charge in [0.05, 0.1) is 16.1 Å². The Kier molecular flexibility index (Phi) is 3.97. The molecule has 0 saturated carbocycles. The number of amides is 2. The molecule has 0 aliphatic carbocycles. The topological polar surface area (TPSA) is 107 Å². The number of carbonyl (C=O) groups excluding carboxylic acids is 2. The monoisotopic (exact) mass is 277 g/mol. The van der Waals surface area contributed by atoms with Crippen LogP contribution in [0.25, 0.3) is 0 Å². The number of likely N-dealkylation sites (tertiary alicyclic amines) is 1. The van der Waals surface area contributed by atoms with Gasteiger partial charge in [0, 0.05) is 25.2 Å². The van der Waals surface area contributed by atoms with Crippen molar-refractivity contribution in [2.45, 2.75) is 19.3 Å². The van der Waals surface area contributed by atoms with Crippen LogP contribution in [0.3, 0.4) is 0 Å². The lowest BCUT2D eigenvalue weighted by atomic mass is 10.0. The van der Waals surface area contributed by atoms with E-state index in [2.05, 4.69) is 0 Å². The highest BCUT2D eigenvalue weighted by molar-refractivity contribution is 6.07. The third kappa shape index (κ3) is 2.76. The lowest BCUT2D eigenvalue weighted by molar-refractivity contribution is -0.384. The Bertz CT molecular complexity index is 565. The van der Waals surface area contributed by atoms with Gasteiger partial charge in [0.1, 0.15) is 0 Å². The molecule has 7 heteroatoms. The second kappa shape index (κ2) is 5.68. The standard InChI is InChI=1S/C13H15N3O4/c14-12(17)11-8-9(16(19)20)4-5-10(11)13(18)15-6-2-1-3-7-15/h4-5,8H,1-3,6-7H2,(H2,14,17). The number of nitrogens with zero attached hydrogens (tertiary/aromatic N) is 2. The zero-order valence-corrected chi connectivity index (χ0v) is 10.9. The van der Waals surface area contributed by atoms with Crippen molar-refractivity contribution < 1.29 is 14.5 Å². The normalized spacial score (nSPS) is 14.9. The highest BCUT2D eigenvalue weighted by atomic mass is 16.6. The summed E-state index contributed by atoms with van der Waals surface area (Å²) >= 11 is 0. The minimum absolute atomic E-state index is 0.102. The molecule has 0 radical (unpaired) electrons. The van der Waals surface area contributed by atoms with Crippen molar-refractivity contribution >= 4 is 17.5 Å². The summed E-state index contributed by atoms with van der Waals surface area (Å²) < 4.78 is 0. The molecule has 1 aliphatic rings. The van der Waals surface area contributed by atoms with E-state index >= 15 is 0 Å². The van der Waals surface area contributed by atoms with Gasteiger partial charge in [-0.1, -0.05) is 0 Å². The Hall–Kier alpha value is -2.44. The van der Waals surface area contributed by atoms with E-state index in [-0.39, 0.29) is 22.7 Å². The van der Waals surface area contributed by atoms with Crippen LogP contribution in [0.15, 0.2) is 18.2 Å².